The van der Waals surface area contributed by atoms with E-state index in [1.54, 1.807) is 0 Å². The van der Waals surface area contributed by atoms with Crippen LogP contribution in [0.15, 0.2) is 42.5 Å². The number of halogens is 3. The van der Waals surface area contributed by atoms with Crippen molar-refractivity contribution in [2.75, 3.05) is 6.54 Å². The number of alkyl halides is 3. The fourth-order valence-electron chi connectivity index (χ4n) is 1.56. The van der Waals surface area contributed by atoms with E-state index in [1.165, 1.54) is 11.3 Å². The van der Waals surface area contributed by atoms with Crippen LogP contribution in [0.1, 0.15) is 4.88 Å². The van der Waals surface area contributed by atoms with Crippen molar-refractivity contribution >= 4 is 11.3 Å². The predicted octanol–water partition coefficient (Wildman–Crippen LogP) is 4.07. The van der Waals surface area contributed by atoms with Gasteiger partial charge in [0.15, 0.2) is 0 Å². The van der Waals surface area contributed by atoms with Crippen molar-refractivity contribution in [2.45, 2.75) is 12.7 Å². The van der Waals surface area contributed by atoms with Crippen molar-refractivity contribution in [2.24, 2.45) is 0 Å². The second-order valence-electron chi connectivity index (χ2n) is 3.85. The van der Waals surface area contributed by atoms with Crippen LogP contribution in [-0.2, 0) is 6.54 Å². The molecule has 0 amide bonds. The summed E-state index contributed by atoms with van der Waals surface area (Å²) in [5.41, 5.74) is 1.09. The van der Waals surface area contributed by atoms with Crippen LogP contribution in [0.2, 0.25) is 0 Å². The van der Waals surface area contributed by atoms with Crippen molar-refractivity contribution in [3.8, 4) is 10.4 Å². The number of hydrogen-bond acceptors (Lipinski definition) is 2. The minimum Gasteiger partial charge on any atom is -0.304 e. The summed E-state index contributed by atoms with van der Waals surface area (Å²) >= 11 is 1.51. The molecule has 5 heteroatoms. The summed E-state index contributed by atoms with van der Waals surface area (Å²) in [5.74, 6) is 0. The van der Waals surface area contributed by atoms with Gasteiger partial charge >= 0.3 is 6.18 Å². The maximum atomic E-state index is 12.0. The summed E-state index contributed by atoms with van der Waals surface area (Å²) in [6.45, 7) is -0.706. The predicted molar refractivity (Wildman–Crippen MR) is 67.5 cm³/mol. The van der Waals surface area contributed by atoms with E-state index in [1.807, 2.05) is 42.5 Å². The van der Waals surface area contributed by atoms with Crippen LogP contribution in [0.25, 0.3) is 10.4 Å². The fraction of sp³-hybridized carbons (Fsp3) is 0.231. The summed E-state index contributed by atoms with van der Waals surface area (Å²) in [7, 11) is 0. The molecule has 2 aromatic rings. The van der Waals surface area contributed by atoms with Gasteiger partial charge in [0.2, 0.25) is 0 Å². The second kappa shape index (κ2) is 5.54. The lowest BCUT2D eigenvalue weighted by atomic mass is 10.2. The maximum Gasteiger partial charge on any atom is 0.401 e. The van der Waals surface area contributed by atoms with E-state index < -0.39 is 12.7 Å². The van der Waals surface area contributed by atoms with Gasteiger partial charge < -0.3 is 5.32 Å². The van der Waals surface area contributed by atoms with Crippen molar-refractivity contribution in [3.05, 3.63) is 47.3 Å². The largest absolute Gasteiger partial charge is 0.401 e. The third-order valence-corrected chi connectivity index (χ3v) is 3.48. The van der Waals surface area contributed by atoms with Gasteiger partial charge in [-0.3, -0.25) is 0 Å². The van der Waals surface area contributed by atoms with Gasteiger partial charge in [-0.1, -0.05) is 30.3 Å². The molecular weight excluding hydrogens is 259 g/mol. The Morgan fingerprint density at radius 1 is 1.00 bits per heavy atom. The average Bonchev–Trinajstić information content (AvgIpc) is 2.77. The molecule has 0 bridgehead atoms. The Labute approximate surface area is 107 Å². The highest BCUT2D eigenvalue weighted by Gasteiger charge is 2.26. The van der Waals surface area contributed by atoms with Crippen molar-refractivity contribution in [3.63, 3.8) is 0 Å². The van der Waals surface area contributed by atoms with Crippen molar-refractivity contribution in [1.29, 1.82) is 0 Å². The van der Waals surface area contributed by atoms with Crippen LogP contribution in [-0.4, -0.2) is 12.7 Å². The normalized spacial score (nSPS) is 11.7. The molecule has 0 fully saturated rings. The van der Waals surface area contributed by atoms with E-state index in [-0.39, 0.29) is 6.54 Å². The number of thiophene rings is 1. The van der Waals surface area contributed by atoms with Gasteiger partial charge in [0.1, 0.15) is 0 Å². The first-order valence-electron chi connectivity index (χ1n) is 5.46. The Morgan fingerprint density at radius 3 is 2.39 bits per heavy atom. The fourth-order valence-corrected chi connectivity index (χ4v) is 2.54. The number of rotatable bonds is 4. The van der Waals surface area contributed by atoms with Crippen LogP contribution >= 0.6 is 11.3 Å². The molecule has 1 aromatic carbocycles. The number of hydrogen-bond donors (Lipinski definition) is 1. The molecule has 0 aliphatic rings. The SMILES string of the molecule is FC(F)(F)CNCc1ccc(-c2ccccc2)s1. The first kappa shape index (κ1) is 13.1. The highest BCUT2D eigenvalue weighted by molar-refractivity contribution is 7.15. The lowest BCUT2D eigenvalue weighted by molar-refractivity contribution is -0.125. The zero-order chi connectivity index (χ0) is 13.0. The van der Waals surface area contributed by atoms with Gasteiger partial charge in [0.05, 0.1) is 6.54 Å². The van der Waals surface area contributed by atoms with E-state index in [2.05, 4.69) is 5.32 Å². The zero-order valence-corrected chi connectivity index (χ0v) is 10.3. The van der Waals surface area contributed by atoms with Gasteiger partial charge in [0, 0.05) is 16.3 Å². The van der Waals surface area contributed by atoms with Crippen LogP contribution in [0.3, 0.4) is 0 Å². The molecule has 0 aliphatic heterocycles. The molecule has 1 heterocycles. The second-order valence-corrected chi connectivity index (χ2v) is 5.02. The highest BCUT2D eigenvalue weighted by atomic mass is 32.1. The molecule has 0 aliphatic carbocycles. The molecule has 0 saturated carbocycles. The standard InChI is InChI=1S/C13H12F3NS/c14-13(15,16)9-17-8-11-6-7-12(18-11)10-4-2-1-3-5-10/h1-7,17H,8-9H2. The highest BCUT2D eigenvalue weighted by Crippen LogP contribution is 2.27. The Hall–Kier alpha value is -1.33. The Kier molecular flexibility index (Phi) is 4.04. The third kappa shape index (κ3) is 3.85. The summed E-state index contributed by atoms with van der Waals surface area (Å²) in [5, 5.41) is 2.39. The Bertz CT molecular complexity index is 490. The maximum absolute atomic E-state index is 12.0. The van der Waals surface area contributed by atoms with Gasteiger partial charge in [-0.15, -0.1) is 11.3 Å². The number of benzene rings is 1. The summed E-state index contributed by atoms with van der Waals surface area (Å²) in [6, 6.07) is 13.6. The average molecular weight is 271 g/mol. The third-order valence-electron chi connectivity index (χ3n) is 2.34. The van der Waals surface area contributed by atoms with Crippen LogP contribution in [0, 0.1) is 0 Å². The molecule has 96 valence electrons. The lowest BCUT2D eigenvalue weighted by Crippen LogP contribution is -2.27. The van der Waals surface area contributed by atoms with Gasteiger partial charge in [-0.25, -0.2) is 0 Å². The molecule has 2 rings (SSSR count). The molecular formula is C13H12F3NS. The van der Waals surface area contributed by atoms with Crippen molar-refractivity contribution < 1.29 is 13.2 Å². The molecule has 0 unspecified atom stereocenters. The quantitative estimate of drug-likeness (QED) is 0.884. The monoisotopic (exact) mass is 271 g/mol. The molecule has 18 heavy (non-hydrogen) atoms. The lowest BCUT2D eigenvalue weighted by Gasteiger charge is -2.06. The van der Waals surface area contributed by atoms with E-state index in [4.69, 9.17) is 0 Å². The molecule has 1 nitrogen and oxygen atoms in total. The summed E-state index contributed by atoms with van der Waals surface area (Å²) in [6.07, 6.45) is -4.15. The molecule has 0 saturated heterocycles. The van der Waals surface area contributed by atoms with E-state index >= 15 is 0 Å². The number of nitrogens with one attached hydrogen (secondary N) is 1. The van der Waals surface area contributed by atoms with Crippen molar-refractivity contribution in [1.82, 2.24) is 5.32 Å². The molecule has 0 radical (unpaired) electrons. The van der Waals surface area contributed by atoms with Crippen LogP contribution in [0.5, 0.6) is 0 Å². The van der Waals surface area contributed by atoms with Gasteiger partial charge in [-0.2, -0.15) is 13.2 Å². The Morgan fingerprint density at radius 2 is 1.72 bits per heavy atom. The first-order valence-corrected chi connectivity index (χ1v) is 6.28. The van der Waals surface area contributed by atoms with Crippen LogP contribution < -0.4 is 5.32 Å². The topological polar surface area (TPSA) is 12.0 Å². The zero-order valence-electron chi connectivity index (χ0n) is 9.50. The first-order chi connectivity index (χ1) is 8.54. The van der Waals surface area contributed by atoms with Crippen LogP contribution in [0.4, 0.5) is 13.2 Å². The van der Waals surface area contributed by atoms with Gasteiger partial charge in [0.25, 0.3) is 0 Å². The van der Waals surface area contributed by atoms with E-state index in [0.717, 1.165) is 15.3 Å². The molecule has 0 atom stereocenters. The molecule has 1 N–H and O–H groups in total. The van der Waals surface area contributed by atoms with E-state index in [9.17, 15) is 13.2 Å². The smallest absolute Gasteiger partial charge is 0.304 e. The minimum absolute atomic E-state index is 0.247. The summed E-state index contributed by atoms with van der Waals surface area (Å²) < 4.78 is 35.9. The Balaban J connectivity index is 1.95. The minimum atomic E-state index is -4.15. The molecule has 0 spiro atoms. The molecule has 1 aromatic heterocycles. The van der Waals surface area contributed by atoms with Gasteiger partial charge in [-0.05, 0) is 17.7 Å². The summed E-state index contributed by atoms with van der Waals surface area (Å²) in [4.78, 5) is 1.97. The van der Waals surface area contributed by atoms with E-state index in [0.29, 0.717) is 0 Å².